The van der Waals surface area contributed by atoms with Crippen molar-refractivity contribution in [3.05, 3.63) is 35.6 Å². The molecule has 0 unspecified atom stereocenters. The fourth-order valence-corrected chi connectivity index (χ4v) is 2.58. The lowest BCUT2D eigenvalue weighted by Gasteiger charge is -2.22. The highest BCUT2D eigenvalue weighted by Crippen LogP contribution is 2.24. The molecule has 2 atom stereocenters. The summed E-state index contributed by atoms with van der Waals surface area (Å²) in [5.41, 5.74) is 0.235. The zero-order chi connectivity index (χ0) is 17.0. The minimum atomic E-state index is -0.636. The van der Waals surface area contributed by atoms with Gasteiger partial charge in [0, 0.05) is 12.5 Å². The summed E-state index contributed by atoms with van der Waals surface area (Å²) in [6.07, 6.45) is 0.538. The minimum Gasteiger partial charge on any atom is -0.444 e. The molecule has 126 valence electrons. The van der Waals surface area contributed by atoms with Gasteiger partial charge in [0.2, 0.25) is 5.91 Å². The molecule has 0 saturated carbocycles. The van der Waals surface area contributed by atoms with Gasteiger partial charge in [-0.2, -0.15) is 0 Å². The van der Waals surface area contributed by atoms with E-state index in [2.05, 4.69) is 10.6 Å². The summed E-state index contributed by atoms with van der Waals surface area (Å²) in [5, 5.41) is 5.40. The Balaban J connectivity index is 1.98. The summed E-state index contributed by atoms with van der Waals surface area (Å²) >= 11 is 0. The van der Waals surface area contributed by atoms with Crippen molar-refractivity contribution >= 4 is 12.0 Å². The van der Waals surface area contributed by atoms with Gasteiger partial charge in [-0.25, -0.2) is 9.18 Å². The van der Waals surface area contributed by atoms with E-state index in [1.165, 1.54) is 12.1 Å². The molecule has 5 nitrogen and oxygen atoms in total. The Labute approximate surface area is 135 Å². The van der Waals surface area contributed by atoms with E-state index in [4.69, 9.17) is 4.74 Å². The fourth-order valence-electron chi connectivity index (χ4n) is 2.58. The van der Waals surface area contributed by atoms with Gasteiger partial charge >= 0.3 is 6.09 Å². The first-order valence-electron chi connectivity index (χ1n) is 7.77. The Bertz CT molecular complexity index is 583. The van der Waals surface area contributed by atoms with Crippen molar-refractivity contribution in [3.63, 3.8) is 0 Å². The molecule has 1 aliphatic rings. The first-order valence-corrected chi connectivity index (χ1v) is 7.77. The van der Waals surface area contributed by atoms with Crippen LogP contribution >= 0.6 is 0 Å². The van der Waals surface area contributed by atoms with Crippen molar-refractivity contribution in [1.29, 1.82) is 0 Å². The topological polar surface area (TPSA) is 67.4 Å². The van der Waals surface area contributed by atoms with Crippen molar-refractivity contribution in [2.45, 2.75) is 51.2 Å². The quantitative estimate of drug-likeness (QED) is 0.880. The highest BCUT2D eigenvalue weighted by molar-refractivity contribution is 5.85. The average Bonchev–Trinajstić information content (AvgIpc) is 2.60. The van der Waals surface area contributed by atoms with Gasteiger partial charge in [-0.1, -0.05) is 12.1 Å². The number of amides is 2. The van der Waals surface area contributed by atoms with Crippen LogP contribution in [0.4, 0.5) is 9.18 Å². The van der Waals surface area contributed by atoms with Gasteiger partial charge in [0.15, 0.2) is 0 Å². The van der Waals surface area contributed by atoms with Crippen LogP contribution in [0, 0.1) is 5.82 Å². The van der Waals surface area contributed by atoms with Crippen LogP contribution < -0.4 is 10.6 Å². The number of carbonyl (C=O) groups excluding carboxylic acids is 2. The van der Waals surface area contributed by atoms with Gasteiger partial charge < -0.3 is 15.4 Å². The molecule has 0 spiro atoms. The number of nitrogens with one attached hydrogen (secondary N) is 2. The second kappa shape index (κ2) is 6.98. The number of rotatable bonds is 2. The molecular formula is C17H23FN2O3. The largest absolute Gasteiger partial charge is 0.444 e. The highest BCUT2D eigenvalue weighted by atomic mass is 19.1. The minimum absolute atomic E-state index is 0.0279. The lowest BCUT2D eigenvalue weighted by molar-refractivity contribution is -0.122. The van der Waals surface area contributed by atoms with Gasteiger partial charge in [-0.05, 0) is 51.3 Å². The number of ether oxygens (including phenoxy) is 1. The Morgan fingerprint density at radius 3 is 2.74 bits per heavy atom. The Kier molecular flexibility index (Phi) is 5.23. The first-order chi connectivity index (χ1) is 10.7. The van der Waals surface area contributed by atoms with Crippen LogP contribution in [0.5, 0.6) is 0 Å². The maximum atomic E-state index is 13.3. The lowest BCUT2D eigenvalue weighted by atomic mass is 9.94. The van der Waals surface area contributed by atoms with E-state index in [-0.39, 0.29) is 17.6 Å². The molecule has 6 heteroatoms. The van der Waals surface area contributed by atoms with E-state index in [0.717, 1.165) is 5.56 Å². The summed E-state index contributed by atoms with van der Waals surface area (Å²) in [5.74, 6) is -0.503. The predicted octanol–water partition coefficient (Wildman–Crippen LogP) is 2.71. The molecule has 1 aromatic carbocycles. The summed E-state index contributed by atoms with van der Waals surface area (Å²) < 4.78 is 18.5. The molecule has 0 aromatic heterocycles. The van der Waals surface area contributed by atoms with Crippen LogP contribution in [-0.2, 0) is 9.53 Å². The molecule has 23 heavy (non-hydrogen) atoms. The summed E-state index contributed by atoms with van der Waals surface area (Å²) in [7, 11) is 0. The molecule has 1 aliphatic heterocycles. The van der Waals surface area contributed by atoms with Gasteiger partial charge in [-0.3, -0.25) is 4.79 Å². The molecule has 1 heterocycles. The van der Waals surface area contributed by atoms with E-state index in [1.807, 2.05) is 6.07 Å². The third-order valence-electron chi connectivity index (χ3n) is 3.65. The van der Waals surface area contributed by atoms with Crippen LogP contribution in [0.2, 0.25) is 0 Å². The second-order valence-electron chi connectivity index (χ2n) is 6.77. The molecule has 1 aromatic rings. The molecular weight excluding hydrogens is 299 g/mol. The Morgan fingerprint density at radius 2 is 2.09 bits per heavy atom. The maximum Gasteiger partial charge on any atom is 0.408 e. The van der Waals surface area contributed by atoms with Gasteiger partial charge in [0.1, 0.15) is 17.5 Å². The molecule has 1 saturated heterocycles. The van der Waals surface area contributed by atoms with E-state index in [0.29, 0.717) is 19.4 Å². The maximum absolute atomic E-state index is 13.3. The third kappa shape index (κ3) is 5.23. The normalized spacial score (nSPS) is 22.0. The number of halogens is 1. The van der Waals surface area contributed by atoms with Crippen molar-refractivity contribution in [1.82, 2.24) is 10.6 Å². The highest BCUT2D eigenvalue weighted by Gasteiger charge is 2.28. The van der Waals surface area contributed by atoms with Crippen LogP contribution in [-0.4, -0.2) is 30.2 Å². The zero-order valence-electron chi connectivity index (χ0n) is 13.7. The third-order valence-corrected chi connectivity index (χ3v) is 3.65. The van der Waals surface area contributed by atoms with E-state index < -0.39 is 17.7 Å². The van der Waals surface area contributed by atoms with Crippen molar-refractivity contribution < 1.29 is 18.7 Å². The van der Waals surface area contributed by atoms with Gasteiger partial charge in [0.25, 0.3) is 0 Å². The molecule has 1 fully saturated rings. The SMILES string of the molecule is CC(C)(C)OC(=O)N[C@@H]1CC[C@@H](c2cccc(F)c2)CNC1=O. The Morgan fingerprint density at radius 1 is 1.35 bits per heavy atom. The summed E-state index contributed by atoms with van der Waals surface area (Å²) in [6.45, 7) is 5.72. The number of hydrogen-bond donors (Lipinski definition) is 2. The number of alkyl carbamates (subject to hydrolysis) is 1. The van der Waals surface area contributed by atoms with Crippen molar-refractivity contribution in [2.75, 3.05) is 6.54 Å². The van der Waals surface area contributed by atoms with Gasteiger partial charge in [0.05, 0.1) is 0 Å². The van der Waals surface area contributed by atoms with Crippen molar-refractivity contribution in [2.24, 2.45) is 0 Å². The average molecular weight is 322 g/mol. The molecule has 0 bridgehead atoms. The zero-order valence-corrected chi connectivity index (χ0v) is 13.7. The van der Waals surface area contributed by atoms with E-state index in [1.54, 1.807) is 26.8 Å². The van der Waals surface area contributed by atoms with Crippen molar-refractivity contribution in [3.8, 4) is 0 Å². The van der Waals surface area contributed by atoms with Gasteiger partial charge in [-0.15, -0.1) is 0 Å². The number of hydrogen-bond acceptors (Lipinski definition) is 3. The van der Waals surface area contributed by atoms with Crippen LogP contribution in [0.3, 0.4) is 0 Å². The van der Waals surface area contributed by atoms with E-state index >= 15 is 0 Å². The van der Waals surface area contributed by atoms with E-state index in [9.17, 15) is 14.0 Å². The first kappa shape index (κ1) is 17.2. The fraction of sp³-hybridized carbons (Fsp3) is 0.529. The number of carbonyl (C=O) groups is 2. The second-order valence-corrected chi connectivity index (χ2v) is 6.77. The standard InChI is InChI=1S/C17H23FN2O3/c1-17(2,3)23-16(22)20-14-8-7-12(10-19-15(14)21)11-5-4-6-13(18)9-11/h4-6,9,12,14H,7-8,10H2,1-3H3,(H,19,21)(H,20,22)/t12-,14-/m1/s1. The monoisotopic (exact) mass is 322 g/mol. The van der Waals surface area contributed by atoms with Crippen LogP contribution in [0.15, 0.2) is 24.3 Å². The summed E-state index contributed by atoms with van der Waals surface area (Å²) in [4.78, 5) is 23.9. The van der Waals surface area contributed by atoms with Crippen LogP contribution in [0.25, 0.3) is 0 Å². The molecule has 2 amide bonds. The molecule has 0 aliphatic carbocycles. The molecule has 2 N–H and O–H groups in total. The lowest BCUT2D eigenvalue weighted by Crippen LogP contribution is -2.47. The van der Waals surface area contributed by atoms with Crippen LogP contribution in [0.1, 0.15) is 45.1 Å². The molecule has 0 radical (unpaired) electrons. The predicted molar refractivity (Wildman–Crippen MR) is 84.5 cm³/mol. The summed E-state index contributed by atoms with van der Waals surface area (Å²) in [6, 6.07) is 5.75. The number of benzene rings is 1. The Hall–Kier alpha value is -2.11. The molecule has 2 rings (SSSR count). The smallest absolute Gasteiger partial charge is 0.408 e.